The van der Waals surface area contributed by atoms with Gasteiger partial charge in [0, 0.05) is 23.6 Å². The lowest BCUT2D eigenvalue weighted by Gasteiger charge is -2.17. The lowest BCUT2D eigenvalue weighted by molar-refractivity contribution is -0.719. The summed E-state index contributed by atoms with van der Waals surface area (Å²) >= 11 is 0. The lowest BCUT2D eigenvalue weighted by Crippen LogP contribution is -2.26. The van der Waals surface area contributed by atoms with Crippen molar-refractivity contribution in [2.75, 3.05) is 0 Å². The van der Waals surface area contributed by atoms with Crippen LogP contribution in [-0.4, -0.2) is 41.6 Å². The summed E-state index contributed by atoms with van der Waals surface area (Å²) in [4.78, 5) is -1.52. The van der Waals surface area contributed by atoms with E-state index in [4.69, 9.17) is 9.94 Å². The zero-order valence-corrected chi connectivity index (χ0v) is 15.4. The number of aliphatic hydroxyl groups is 1. The molecule has 0 aromatic heterocycles. The molecule has 2 rings (SSSR count). The molecule has 1 unspecified atom stereocenters. The summed E-state index contributed by atoms with van der Waals surface area (Å²) in [5.41, 5.74) is -7.58. The highest BCUT2D eigenvalue weighted by Crippen LogP contribution is 2.50. The SMILES string of the molecule is C=[N+](O)C=C(F)C=C(C)Oc1ccc(S(=O)(=O)C(F)(F)F)c2c1CC(F)(F)C2O. The molecule has 1 aliphatic carbocycles. The van der Waals surface area contributed by atoms with E-state index in [9.17, 15) is 39.9 Å². The molecule has 0 saturated carbocycles. The number of allylic oxidation sites excluding steroid dienone is 3. The molecule has 0 amide bonds. The third kappa shape index (κ3) is 4.40. The Bertz CT molecular complexity index is 1010. The quantitative estimate of drug-likeness (QED) is 0.138. The zero-order chi connectivity index (χ0) is 22.4. The first kappa shape index (κ1) is 22.7. The number of aliphatic hydroxyl groups excluding tert-OH is 1. The summed E-state index contributed by atoms with van der Waals surface area (Å²) in [5.74, 6) is -5.79. The fourth-order valence-corrected chi connectivity index (χ4v) is 3.70. The normalized spacial score (nSPS) is 19.8. The first-order valence-electron chi connectivity index (χ1n) is 7.63. The fourth-order valence-electron chi connectivity index (χ4n) is 2.68. The number of hydroxylamine groups is 1. The molecule has 0 radical (unpaired) electrons. The van der Waals surface area contributed by atoms with E-state index in [2.05, 4.69) is 6.72 Å². The highest BCUT2D eigenvalue weighted by atomic mass is 32.2. The second-order valence-electron chi connectivity index (χ2n) is 6.05. The summed E-state index contributed by atoms with van der Waals surface area (Å²) < 4.78 is 109. The van der Waals surface area contributed by atoms with E-state index in [1.807, 2.05) is 0 Å². The van der Waals surface area contributed by atoms with Crippen LogP contribution in [0.1, 0.15) is 24.2 Å². The Kier molecular flexibility index (Phi) is 5.78. The summed E-state index contributed by atoms with van der Waals surface area (Å²) in [5, 5.41) is 18.5. The number of benzene rings is 1. The number of sulfone groups is 1. The van der Waals surface area contributed by atoms with Crippen LogP contribution >= 0.6 is 0 Å². The number of hydrogen-bond acceptors (Lipinski definition) is 5. The van der Waals surface area contributed by atoms with E-state index < -0.39 is 61.4 Å². The summed E-state index contributed by atoms with van der Waals surface area (Å²) in [6.07, 6.45) is -2.89. The van der Waals surface area contributed by atoms with Crippen LogP contribution < -0.4 is 4.74 Å². The van der Waals surface area contributed by atoms with Crippen LogP contribution in [0.2, 0.25) is 0 Å². The van der Waals surface area contributed by atoms with Crippen molar-refractivity contribution in [1.82, 2.24) is 0 Å². The zero-order valence-electron chi connectivity index (χ0n) is 14.5. The van der Waals surface area contributed by atoms with Crippen LogP contribution in [0.4, 0.5) is 26.3 Å². The van der Waals surface area contributed by atoms with Crippen molar-refractivity contribution in [1.29, 1.82) is 0 Å². The largest absolute Gasteiger partial charge is 0.501 e. The Balaban J connectivity index is 2.60. The Labute approximate surface area is 160 Å². The first-order valence-corrected chi connectivity index (χ1v) is 9.11. The van der Waals surface area contributed by atoms with Gasteiger partial charge in [-0.1, -0.05) is 0 Å². The third-order valence-corrected chi connectivity index (χ3v) is 5.38. The molecule has 0 aliphatic heterocycles. The van der Waals surface area contributed by atoms with Gasteiger partial charge in [-0.3, -0.25) is 5.21 Å². The highest BCUT2D eigenvalue weighted by molar-refractivity contribution is 7.92. The average Bonchev–Trinajstić information content (AvgIpc) is 2.76. The first-order chi connectivity index (χ1) is 13.1. The smallest absolute Gasteiger partial charge is 0.462 e. The van der Waals surface area contributed by atoms with E-state index in [0.29, 0.717) is 24.4 Å². The monoisotopic (exact) mass is 446 g/mol. The van der Waals surface area contributed by atoms with E-state index in [1.165, 1.54) is 0 Å². The maximum atomic E-state index is 14.0. The fraction of sp³-hybridized carbons (Fsp3) is 0.312. The second-order valence-corrected chi connectivity index (χ2v) is 7.96. The molecule has 0 fully saturated rings. The average molecular weight is 446 g/mol. The molecule has 1 aromatic rings. The van der Waals surface area contributed by atoms with E-state index >= 15 is 0 Å². The highest BCUT2D eigenvalue weighted by Gasteiger charge is 2.55. The summed E-state index contributed by atoms with van der Waals surface area (Å²) in [6.45, 7) is 4.10. The van der Waals surface area contributed by atoms with Crippen molar-refractivity contribution in [3.05, 3.63) is 47.1 Å². The molecule has 1 aromatic carbocycles. The van der Waals surface area contributed by atoms with Gasteiger partial charge in [0.15, 0.2) is 12.5 Å². The molecule has 13 heteroatoms. The second kappa shape index (κ2) is 7.37. The van der Waals surface area contributed by atoms with Gasteiger partial charge in [-0.2, -0.15) is 13.2 Å². The van der Waals surface area contributed by atoms with Crippen LogP contribution in [0.3, 0.4) is 0 Å². The van der Waals surface area contributed by atoms with E-state index in [0.717, 1.165) is 6.92 Å². The van der Waals surface area contributed by atoms with Crippen LogP contribution in [-0.2, 0) is 16.3 Å². The number of alkyl halides is 5. The van der Waals surface area contributed by atoms with Gasteiger partial charge in [-0.05, 0) is 23.8 Å². The number of nitrogens with zero attached hydrogens (tertiary/aromatic N) is 1. The number of fused-ring (bicyclic) bond motifs is 1. The van der Waals surface area contributed by atoms with Gasteiger partial charge in [-0.15, -0.1) is 0 Å². The summed E-state index contributed by atoms with van der Waals surface area (Å²) in [6, 6.07) is 1.08. The molecule has 0 saturated heterocycles. The molecule has 0 heterocycles. The maximum Gasteiger partial charge on any atom is 0.501 e. The number of ether oxygens (including phenoxy) is 1. The molecule has 1 aliphatic rings. The Morgan fingerprint density at radius 2 is 1.97 bits per heavy atom. The standard InChI is InChI=1S/C16H14F6NO5S/c1-8(5-9(17)7-23(2)25)28-11-3-4-12(29(26,27)16(20,21)22)13-10(11)6-15(18,19)14(13)24/h3-5,7,14,24-25H,2,6H2,1H3/q+1. The maximum absolute atomic E-state index is 14.0. The number of rotatable bonds is 5. The summed E-state index contributed by atoms with van der Waals surface area (Å²) in [7, 11) is -6.04. The van der Waals surface area contributed by atoms with Crippen molar-refractivity contribution < 1.29 is 54.5 Å². The van der Waals surface area contributed by atoms with E-state index in [-0.39, 0.29) is 10.5 Å². The minimum absolute atomic E-state index is 0.129. The molecule has 6 nitrogen and oxygen atoms in total. The van der Waals surface area contributed by atoms with Crippen molar-refractivity contribution in [2.45, 2.75) is 35.8 Å². The van der Waals surface area contributed by atoms with Gasteiger partial charge in [0.1, 0.15) is 17.6 Å². The lowest BCUT2D eigenvalue weighted by atomic mass is 10.1. The number of halogens is 6. The van der Waals surface area contributed by atoms with Crippen molar-refractivity contribution in [3.63, 3.8) is 0 Å². The Morgan fingerprint density at radius 1 is 1.38 bits per heavy atom. The molecule has 160 valence electrons. The van der Waals surface area contributed by atoms with Gasteiger partial charge in [0.25, 0.3) is 22.0 Å². The van der Waals surface area contributed by atoms with Crippen molar-refractivity contribution in [2.24, 2.45) is 0 Å². The minimum atomic E-state index is -6.04. The Hall–Kier alpha value is -2.54. The topological polar surface area (TPSA) is 86.8 Å². The van der Waals surface area contributed by atoms with E-state index in [1.54, 1.807) is 0 Å². The van der Waals surface area contributed by atoms with Gasteiger partial charge >= 0.3 is 5.51 Å². The molecule has 2 N–H and O–H groups in total. The van der Waals surface area contributed by atoms with Crippen molar-refractivity contribution >= 4 is 16.6 Å². The minimum Gasteiger partial charge on any atom is -0.462 e. The third-order valence-electron chi connectivity index (χ3n) is 3.84. The van der Waals surface area contributed by atoms with Crippen LogP contribution in [0.25, 0.3) is 0 Å². The molecular formula is C16H14F6NO5S+. The molecule has 1 atom stereocenters. The van der Waals surface area contributed by atoms with Gasteiger partial charge in [-0.25, -0.2) is 21.6 Å². The van der Waals surface area contributed by atoms with Gasteiger partial charge in [0.05, 0.1) is 4.90 Å². The Morgan fingerprint density at radius 3 is 2.48 bits per heavy atom. The molecule has 0 bridgehead atoms. The van der Waals surface area contributed by atoms with Gasteiger partial charge in [0.2, 0.25) is 0 Å². The predicted octanol–water partition coefficient (Wildman–Crippen LogP) is 3.40. The van der Waals surface area contributed by atoms with Crippen LogP contribution in [0.15, 0.2) is 40.9 Å². The molecular weight excluding hydrogens is 432 g/mol. The predicted molar refractivity (Wildman–Crippen MR) is 86.0 cm³/mol. The molecule has 29 heavy (non-hydrogen) atoms. The van der Waals surface area contributed by atoms with Gasteiger partial charge < -0.3 is 9.84 Å². The van der Waals surface area contributed by atoms with Crippen LogP contribution in [0, 0.1) is 0 Å². The number of hydrogen-bond donors (Lipinski definition) is 2. The van der Waals surface area contributed by atoms with Crippen LogP contribution in [0.5, 0.6) is 5.75 Å². The molecule has 0 spiro atoms. The van der Waals surface area contributed by atoms with Crippen molar-refractivity contribution in [3.8, 4) is 5.75 Å².